The Kier molecular flexibility index (Phi) is 6.70. The third kappa shape index (κ3) is 5.91. The lowest BCUT2D eigenvalue weighted by Crippen LogP contribution is -2.23. The van der Waals surface area contributed by atoms with Gasteiger partial charge in [0.2, 0.25) is 5.91 Å². The van der Waals surface area contributed by atoms with Crippen molar-refractivity contribution in [2.45, 2.75) is 38.4 Å². The van der Waals surface area contributed by atoms with Crippen LogP contribution in [-0.4, -0.2) is 24.7 Å². The van der Waals surface area contributed by atoms with Crippen LogP contribution in [0.1, 0.15) is 24.8 Å². The fourth-order valence-electron chi connectivity index (χ4n) is 2.55. The van der Waals surface area contributed by atoms with Gasteiger partial charge < -0.3 is 15.8 Å². The average molecular weight is 353 g/mol. The Bertz CT molecular complexity index is 552. The summed E-state index contributed by atoms with van der Waals surface area (Å²) < 4.78 is 41.1. The highest BCUT2D eigenvalue weighted by molar-refractivity contribution is 5.92. The van der Waals surface area contributed by atoms with Crippen LogP contribution in [0.15, 0.2) is 18.2 Å². The summed E-state index contributed by atoms with van der Waals surface area (Å²) >= 11 is 0. The van der Waals surface area contributed by atoms with E-state index in [1.54, 1.807) is 13.0 Å². The van der Waals surface area contributed by atoms with Crippen LogP contribution in [0.4, 0.5) is 18.9 Å². The van der Waals surface area contributed by atoms with Gasteiger partial charge in [0.15, 0.2) is 6.61 Å². The number of amides is 1. The van der Waals surface area contributed by atoms with E-state index in [0.29, 0.717) is 17.7 Å². The van der Waals surface area contributed by atoms with Crippen LogP contribution in [0.25, 0.3) is 0 Å². The maximum Gasteiger partial charge on any atom is 0.422 e. The summed E-state index contributed by atoms with van der Waals surface area (Å²) in [6, 6.07) is 4.62. The monoisotopic (exact) mass is 352 g/mol. The molecule has 1 saturated carbocycles. The molecule has 0 bridgehead atoms. The molecule has 3 N–H and O–H groups in total. The molecule has 0 aromatic heterocycles. The van der Waals surface area contributed by atoms with Gasteiger partial charge in [0.25, 0.3) is 0 Å². The number of carbonyl (C=O) groups is 1. The van der Waals surface area contributed by atoms with Crippen molar-refractivity contribution in [1.82, 2.24) is 0 Å². The van der Waals surface area contributed by atoms with Crippen molar-refractivity contribution in [3.05, 3.63) is 23.8 Å². The molecule has 1 amide bonds. The van der Waals surface area contributed by atoms with Gasteiger partial charge in [-0.15, -0.1) is 12.4 Å². The first kappa shape index (κ1) is 19.6. The minimum atomic E-state index is -4.37. The standard InChI is InChI=1S/C15H19F3N2O2.ClH/c1-9-6-12(4-5-13(9)22-8-15(16,17)18)20-14(21)10-2-3-11(19)7-10;/h4-6,10-11H,2-3,7-8,19H2,1H3,(H,20,21);1H. The summed E-state index contributed by atoms with van der Waals surface area (Å²) in [5, 5.41) is 2.77. The topological polar surface area (TPSA) is 64.4 Å². The zero-order valence-electron chi connectivity index (χ0n) is 12.7. The van der Waals surface area contributed by atoms with Gasteiger partial charge in [0, 0.05) is 17.6 Å². The van der Waals surface area contributed by atoms with E-state index in [1.807, 2.05) is 0 Å². The predicted molar refractivity (Wildman–Crippen MR) is 83.9 cm³/mol. The highest BCUT2D eigenvalue weighted by atomic mass is 35.5. The van der Waals surface area contributed by atoms with Gasteiger partial charge in [-0.3, -0.25) is 4.79 Å². The second-order valence-corrected chi connectivity index (χ2v) is 5.64. The van der Waals surface area contributed by atoms with Crippen LogP contribution in [0.2, 0.25) is 0 Å². The summed E-state index contributed by atoms with van der Waals surface area (Å²) in [4.78, 5) is 12.1. The normalized spacial score (nSPS) is 20.7. The van der Waals surface area contributed by atoms with E-state index >= 15 is 0 Å². The lowest BCUT2D eigenvalue weighted by Gasteiger charge is -2.14. The Morgan fingerprint density at radius 3 is 2.61 bits per heavy atom. The fourth-order valence-corrected chi connectivity index (χ4v) is 2.55. The molecule has 2 rings (SSSR count). The van der Waals surface area contributed by atoms with Gasteiger partial charge >= 0.3 is 6.18 Å². The van der Waals surface area contributed by atoms with Crippen molar-refractivity contribution in [3.63, 3.8) is 0 Å². The summed E-state index contributed by atoms with van der Waals surface area (Å²) in [5.41, 5.74) is 6.86. The molecule has 2 unspecified atom stereocenters. The molecule has 2 atom stereocenters. The number of rotatable bonds is 4. The fraction of sp³-hybridized carbons (Fsp3) is 0.533. The molecule has 1 fully saturated rings. The Morgan fingerprint density at radius 1 is 1.39 bits per heavy atom. The molecule has 0 heterocycles. The van der Waals surface area contributed by atoms with E-state index in [2.05, 4.69) is 5.32 Å². The van der Waals surface area contributed by atoms with Crippen LogP contribution in [0.3, 0.4) is 0 Å². The van der Waals surface area contributed by atoms with Crippen molar-refractivity contribution >= 4 is 24.0 Å². The molecule has 0 aliphatic heterocycles. The maximum absolute atomic E-state index is 12.1. The molecule has 8 heteroatoms. The molecule has 1 aliphatic carbocycles. The number of hydrogen-bond donors (Lipinski definition) is 2. The molecular formula is C15H20ClF3N2O2. The number of ether oxygens (including phenoxy) is 1. The Labute approximate surface area is 139 Å². The number of nitrogens with one attached hydrogen (secondary N) is 1. The number of carbonyl (C=O) groups excluding carboxylic acids is 1. The Morgan fingerprint density at radius 2 is 2.09 bits per heavy atom. The number of alkyl halides is 3. The zero-order valence-corrected chi connectivity index (χ0v) is 13.5. The average Bonchev–Trinajstić information content (AvgIpc) is 2.83. The SMILES string of the molecule is Cc1cc(NC(=O)C2CCC(N)C2)ccc1OCC(F)(F)F.Cl. The molecule has 23 heavy (non-hydrogen) atoms. The predicted octanol–water partition coefficient (Wildman–Crippen LogP) is 3.42. The number of anilines is 1. The van der Waals surface area contributed by atoms with E-state index in [9.17, 15) is 18.0 Å². The summed E-state index contributed by atoms with van der Waals surface area (Å²) in [7, 11) is 0. The molecule has 0 saturated heterocycles. The lowest BCUT2D eigenvalue weighted by atomic mass is 10.1. The summed E-state index contributed by atoms with van der Waals surface area (Å²) in [5.74, 6) is -0.0500. The van der Waals surface area contributed by atoms with Crippen LogP contribution < -0.4 is 15.8 Å². The molecule has 1 aliphatic rings. The zero-order chi connectivity index (χ0) is 16.3. The largest absolute Gasteiger partial charge is 0.484 e. The number of aryl methyl sites for hydroxylation is 1. The molecule has 0 spiro atoms. The summed E-state index contributed by atoms with van der Waals surface area (Å²) in [6.07, 6.45) is -2.11. The van der Waals surface area contributed by atoms with Crippen LogP contribution in [-0.2, 0) is 4.79 Å². The third-order valence-electron chi connectivity index (χ3n) is 3.68. The molecule has 1 aromatic carbocycles. The molecule has 0 radical (unpaired) electrons. The quantitative estimate of drug-likeness (QED) is 0.872. The smallest absolute Gasteiger partial charge is 0.422 e. The maximum atomic E-state index is 12.1. The number of hydrogen-bond acceptors (Lipinski definition) is 3. The van der Waals surface area contributed by atoms with E-state index in [-0.39, 0.29) is 36.0 Å². The van der Waals surface area contributed by atoms with Gasteiger partial charge in [0.1, 0.15) is 5.75 Å². The minimum Gasteiger partial charge on any atom is -0.484 e. The molecule has 1 aromatic rings. The van der Waals surface area contributed by atoms with Crippen LogP contribution in [0.5, 0.6) is 5.75 Å². The van der Waals surface area contributed by atoms with E-state index in [4.69, 9.17) is 10.5 Å². The lowest BCUT2D eigenvalue weighted by molar-refractivity contribution is -0.153. The van der Waals surface area contributed by atoms with Crippen LogP contribution >= 0.6 is 12.4 Å². The van der Waals surface area contributed by atoms with Gasteiger partial charge in [-0.1, -0.05) is 0 Å². The minimum absolute atomic E-state index is 0. The Balaban J connectivity index is 0.00000264. The molecule has 130 valence electrons. The highest BCUT2D eigenvalue weighted by Gasteiger charge is 2.29. The second kappa shape index (κ2) is 7.88. The van der Waals surface area contributed by atoms with Crippen molar-refractivity contribution in [3.8, 4) is 5.75 Å². The molecular weight excluding hydrogens is 333 g/mol. The van der Waals surface area contributed by atoms with Crippen molar-refractivity contribution in [2.75, 3.05) is 11.9 Å². The number of nitrogens with two attached hydrogens (primary N) is 1. The van der Waals surface area contributed by atoms with E-state index in [0.717, 1.165) is 12.8 Å². The number of halogens is 4. The van der Waals surface area contributed by atoms with E-state index in [1.165, 1.54) is 12.1 Å². The van der Waals surface area contributed by atoms with E-state index < -0.39 is 12.8 Å². The van der Waals surface area contributed by atoms with Gasteiger partial charge in [-0.25, -0.2) is 0 Å². The van der Waals surface area contributed by atoms with Crippen molar-refractivity contribution < 1.29 is 22.7 Å². The Hall–Kier alpha value is -1.47. The highest BCUT2D eigenvalue weighted by Crippen LogP contribution is 2.27. The first-order valence-electron chi connectivity index (χ1n) is 7.11. The van der Waals surface area contributed by atoms with Gasteiger partial charge in [-0.05, 0) is 49.9 Å². The second-order valence-electron chi connectivity index (χ2n) is 5.64. The van der Waals surface area contributed by atoms with Gasteiger partial charge in [-0.2, -0.15) is 13.2 Å². The first-order valence-corrected chi connectivity index (χ1v) is 7.11. The summed E-state index contributed by atoms with van der Waals surface area (Å²) in [6.45, 7) is 0.298. The third-order valence-corrected chi connectivity index (χ3v) is 3.68. The first-order chi connectivity index (χ1) is 10.2. The van der Waals surface area contributed by atoms with Crippen molar-refractivity contribution in [2.24, 2.45) is 11.7 Å². The number of benzene rings is 1. The molecule has 4 nitrogen and oxygen atoms in total. The van der Waals surface area contributed by atoms with Crippen molar-refractivity contribution in [1.29, 1.82) is 0 Å². The van der Waals surface area contributed by atoms with Gasteiger partial charge in [0.05, 0.1) is 0 Å². The van der Waals surface area contributed by atoms with Crippen LogP contribution in [0, 0.1) is 12.8 Å².